The van der Waals surface area contributed by atoms with Gasteiger partial charge in [-0.05, 0) is 37.0 Å². The fraction of sp³-hybridized carbons (Fsp3) is 0.417. The SMILES string of the molecule is NCc1cc(C(N)=O)ccc1OCC1CC1. The zero-order valence-electron chi connectivity index (χ0n) is 9.11. The fourth-order valence-electron chi connectivity index (χ4n) is 1.53. The number of primary amides is 1. The lowest BCUT2D eigenvalue weighted by molar-refractivity contribution is 0.1000. The van der Waals surface area contributed by atoms with Gasteiger partial charge in [0.1, 0.15) is 5.75 Å². The van der Waals surface area contributed by atoms with Crippen LogP contribution in [0.1, 0.15) is 28.8 Å². The number of carbonyl (C=O) groups excluding carboxylic acids is 1. The number of rotatable bonds is 5. The topological polar surface area (TPSA) is 78.3 Å². The molecule has 4 N–H and O–H groups in total. The van der Waals surface area contributed by atoms with Gasteiger partial charge in [-0.2, -0.15) is 0 Å². The molecule has 1 amide bonds. The van der Waals surface area contributed by atoms with Crippen LogP contribution in [0.5, 0.6) is 5.75 Å². The van der Waals surface area contributed by atoms with E-state index in [0.717, 1.165) is 17.9 Å². The van der Waals surface area contributed by atoms with Gasteiger partial charge in [-0.3, -0.25) is 4.79 Å². The first kappa shape index (κ1) is 11.0. The summed E-state index contributed by atoms with van der Waals surface area (Å²) in [5.74, 6) is 1.02. The van der Waals surface area contributed by atoms with Gasteiger partial charge in [0, 0.05) is 17.7 Å². The van der Waals surface area contributed by atoms with Crippen LogP contribution in [0, 0.1) is 5.92 Å². The molecule has 0 atom stereocenters. The second-order valence-corrected chi connectivity index (χ2v) is 4.15. The van der Waals surface area contributed by atoms with Crippen molar-refractivity contribution < 1.29 is 9.53 Å². The summed E-state index contributed by atoms with van der Waals surface area (Å²) in [6, 6.07) is 5.14. The summed E-state index contributed by atoms with van der Waals surface area (Å²) in [6.07, 6.45) is 2.49. The van der Waals surface area contributed by atoms with Crippen LogP contribution in [-0.4, -0.2) is 12.5 Å². The summed E-state index contributed by atoms with van der Waals surface area (Å²) in [5.41, 5.74) is 12.1. The molecule has 0 spiro atoms. The molecule has 0 saturated heterocycles. The molecule has 0 unspecified atom stereocenters. The highest BCUT2D eigenvalue weighted by Crippen LogP contribution is 2.30. The maximum atomic E-state index is 11.0. The third kappa shape index (κ3) is 2.52. The first-order valence-electron chi connectivity index (χ1n) is 5.46. The monoisotopic (exact) mass is 220 g/mol. The zero-order chi connectivity index (χ0) is 11.5. The van der Waals surface area contributed by atoms with Gasteiger partial charge >= 0.3 is 0 Å². The van der Waals surface area contributed by atoms with Crippen molar-refractivity contribution in [2.75, 3.05) is 6.61 Å². The molecular formula is C12H16N2O2. The minimum Gasteiger partial charge on any atom is -0.493 e. The van der Waals surface area contributed by atoms with E-state index in [1.807, 2.05) is 0 Å². The van der Waals surface area contributed by atoms with Gasteiger partial charge in [0.15, 0.2) is 0 Å². The van der Waals surface area contributed by atoms with Crippen LogP contribution in [0.15, 0.2) is 18.2 Å². The van der Waals surface area contributed by atoms with E-state index in [0.29, 0.717) is 18.0 Å². The van der Waals surface area contributed by atoms with E-state index in [1.165, 1.54) is 12.8 Å². The van der Waals surface area contributed by atoms with Crippen molar-refractivity contribution in [2.45, 2.75) is 19.4 Å². The predicted molar refractivity (Wildman–Crippen MR) is 61.1 cm³/mol. The quantitative estimate of drug-likeness (QED) is 0.778. The first-order chi connectivity index (χ1) is 7.70. The highest BCUT2D eigenvalue weighted by molar-refractivity contribution is 5.93. The molecule has 0 heterocycles. The molecular weight excluding hydrogens is 204 g/mol. The smallest absolute Gasteiger partial charge is 0.248 e. The molecule has 1 aromatic rings. The van der Waals surface area contributed by atoms with Crippen LogP contribution in [0.2, 0.25) is 0 Å². The van der Waals surface area contributed by atoms with Crippen LogP contribution < -0.4 is 16.2 Å². The molecule has 4 nitrogen and oxygen atoms in total. The summed E-state index contributed by atoms with van der Waals surface area (Å²) in [4.78, 5) is 11.0. The van der Waals surface area contributed by atoms with Gasteiger partial charge in [0.05, 0.1) is 6.61 Å². The molecule has 0 aromatic heterocycles. The van der Waals surface area contributed by atoms with Gasteiger partial charge < -0.3 is 16.2 Å². The predicted octanol–water partition coefficient (Wildman–Crippen LogP) is 1.03. The second kappa shape index (κ2) is 4.53. The number of hydrogen-bond acceptors (Lipinski definition) is 3. The Labute approximate surface area is 94.6 Å². The van der Waals surface area contributed by atoms with E-state index in [1.54, 1.807) is 18.2 Å². The molecule has 0 bridgehead atoms. The molecule has 4 heteroatoms. The van der Waals surface area contributed by atoms with Gasteiger partial charge in [0.25, 0.3) is 0 Å². The van der Waals surface area contributed by atoms with Gasteiger partial charge in [-0.25, -0.2) is 0 Å². The van der Waals surface area contributed by atoms with Crippen LogP contribution in [0.3, 0.4) is 0 Å². The minimum atomic E-state index is -0.441. The lowest BCUT2D eigenvalue weighted by Crippen LogP contribution is -2.12. The van der Waals surface area contributed by atoms with Gasteiger partial charge in [0.2, 0.25) is 5.91 Å². The second-order valence-electron chi connectivity index (χ2n) is 4.15. The molecule has 0 aliphatic heterocycles. The van der Waals surface area contributed by atoms with E-state index < -0.39 is 5.91 Å². The first-order valence-corrected chi connectivity index (χ1v) is 5.46. The van der Waals surface area contributed by atoms with E-state index >= 15 is 0 Å². The van der Waals surface area contributed by atoms with E-state index in [-0.39, 0.29) is 0 Å². The van der Waals surface area contributed by atoms with Crippen molar-refractivity contribution in [3.63, 3.8) is 0 Å². The Kier molecular flexibility index (Phi) is 3.10. The number of carbonyl (C=O) groups is 1. The standard InChI is InChI=1S/C12H16N2O2/c13-6-10-5-9(12(14)15)3-4-11(10)16-7-8-1-2-8/h3-5,8H,1-2,6-7,13H2,(H2,14,15). The summed E-state index contributed by atoms with van der Waals surface area (Å²) >= 11 is 0. The number of hydrogen-bond donors (Lipinski definition) is 2. The molecule has 1 saturated carbocycles. The normalized spacial score (nSPS) is 14.8. The van der Waals surface area contributed by atoms with E-state index in [9.17, 15) is 4.79 Å². The largest absolute Gasteiger partial charge is 0.493 e. The highest BCUT2D eigenvalue weighted by Gasteiger charge is 2.22. The summed E-state index contributed by atoms with van der Waals surface area (Å²) in [5, 5.41) is 0. The number of amides is 1. The summed E-state index contributed by atoms with van der Waals surface area (Å²) in [7, 11) is 0. The summed E-state index contributed by atoms with van der Waals surface area (Å²) in [6.45, 7) is 1.09. The Morgan fingerprint density at radius 3 is 2.75 bits per heavy atom. The molecule has 2 rings (SSSR count). The highest BCUT2D eigenvalue weighted by atomic mass is 16.5. The summed E-state index contributed by atoms with van der Waals surface area (Å²) < 4.78 is 5.65. The number of ether oxygens (including phenoxy) is 1. The van der Waals surface area contributed by atoms with Gasteiger partial charge in [-0.15, -0.1) is 0 Å². The molecule has 86 valence electrons. The molecule has 1 aliphatic rings. The van der Waals surface area contributed by atoms with Crippen molar-refractivity contribution in [2.24, 2.45) is 17.4 Å². The Morgan fingerprint density at radius 2 is 2.19 bits per heavy atom. The average Bonchev–Trinajstić information content (AvgIpc) is 3.09. The maximum absolute atomic E-state index is 11.0. The molecule has 1 aliphatic carbocycles. The van der Waals surface area contributed by atoms with Crippen LogP contribution in [0.4, 0.5) is 0 Å². The molecule has 1 aromatic carbocycles. The van der Waals surface area contributed by atoms with Gasteiger partial charge in [-0.1, -0.05) is 0 Å². The third-order valence-electron chi connectivity index (χ3n) is 2.74. The Morgan fingerprint density at radius 1 is 1.44 bits per heavy atom. The lowest BCUT2D eigenvalue weighted by Gasteiger charge is -2.10. The van der Waals surface area contributed by atoms with Crippen molar-refractivity contribution in [1.82, 2.24) is 0 Å². The average molecular weight is 220 g/mol. The van der Waals surface area contributed by atoms with Crippen molar-refractivity contribution in [3.8, 4) is 5.75 Å². The van der Waals surface area contributed by atoms with E-state index in [4.69, 9.17) is 16.2 Å². The fourth-order valence-corrected chi connectivity index (χ4v) is 1.53. The van der Waals surface area contributed by atoms with Crippen molar-refractivity contribution >= 4 is 5.91 Å². The minimum absolute atomic E-state index is 0.348. The lowest BCUT2D eigenvalue weighted by atomic mass is 10.1. The Balaban J connectivity index is 2.12. The van der Waals surface area contributed by atoms with Crippen LogP contribution in [0.25, 0.3) is 0 Å². The van der Waals surface area contributed by atoms with E-state index in [2.05, 4.69) is 0 Å². The number of nitrogens with two attached hydrogens (primary N) is 2. The molecule has 1 fully saturated rings. The maximum Gasteiger partial charge on any atom is 0.248 e. The Bertz CT molecular complexity index is 400. The Hall–Kier alpha value is -1.55. The molecule has 16 heavy (non-hydrogen) atoms. The molecule has 0 radical (unpaired) electrons. The van der Waals surface area contributed by atoms with Crippen molar-refractivity contribution in [3.05, 3.63) is 29.3 Å². The van der Waals surface area contributed by atoms with Crippen LogP contribution in [-0.2, 0) is 6.54 Å². The van der Waals surface area contributed by atoms with Crippen molar-refractivity contribution in [1.29, 1.82) is 0 Å². The third-order valence-corrected chi connectivity index (χ3v) is 2.74. The van der Waals surface area contributed by atoms with Crippen LogP contribution >= 0.6 is 0 Å². The number of benzene rings is 1. The zero-order valence-corrected chi connectivity index (χ0v) is 9.11.